The van der Waals surface area contributed by atoms with Crippen molar-refractivity contribution < 1.29 is 9.50 Å². The number of guanidine groups is 1. The minimum atomic E-state index is -0.255. The summed E-state index contributed by atoms with van der Waals surface area (Å²) in [5.41, 5.74) is 1.48. The Labute approximate surface area is 197 Å². The lowest BCUT2D eigenvalue weighted by Gasteiger charge is -2.31. The molecule has 0 aromatic heterocycles. The van der Waals surface area contributed by atoms with Crippen molar-refractivity contribution in [3.63, 3.8) is 0 Å². The summed E-state index contributed by atoms with van der Waals surface area (Å²) in [6.07, 6.45) is 5.08. The van der Waals surface area contributed by atoms with Gasteiger partial charge in [0, 0.05) is 32.7 Å². The van der Waals surface area contributed by atoms with Gasteiger partial charge in [-0.25, -0.2) is 9.38 Å². The zero-order chi connectivity index (χ0) is 20.5. The van der Waals surface area contributed by atoms with Crippen LogP contribution < -0.4 is 15.5 Å². The largest absolute Gasteiger partial charge is 0.393 e. The SMILES string of the molecule is CCNC(=NCc1ccc(N2CCC(O)CC2)c(F)c1)NCCN1CCCCC1.I. The standard InChI is InChI=1S/C22H36FN5O.HI/c1-2-24-22(25-10-15-27-11-4-3-5-12-27)26-17-18-6-7-21(20(23)16-18)28-13-8-19(29)9-14-28;/h6-7,16,19,29H,2-5,8-15,17H2,1H3,(H2,24,25,26);1H. The van der Waals surface area contributed by atoms with E-state index in [4.69, 9.17) is 0 Å². The van der Waals surface area contributed by atoms with Crippen molar-refractivity contribution in [3.8, 4) is 0 Å². The number of hydrogen-bond acceptors (Lipinski definition) is 4. The first-order valence-corrected chi connectivity index (χ1v) is 11.1. The highest BCUT2D eigenvalue weighted by Gasteiger charge is 2.19. The van der Waals surface area contributed by atoms with E-state index >= 15 is 0 Å². The molecule has 30 heavy (non-hydrogen) atoms. The molecule has 0 saturated carbocycles. The molecule has 1 aromatic carbocycles. The van der Waals surface area contributed by atoms with Crippen LogP contribution in [0.3, 0.4) is 0 Å². The summed E-state index contributed by atoms with van der Waals surface area (Å²) >= 11 is 0. The highest BCUT2D eigenvalue weighted by atomic mass is 127. The third-order valence-electron chi connectivity index (χ3n) is 5.75. The number of aliphatic hydroxyl groups excluding tert-OH is 1. The predicted molar refractivity (Wildman–Crippen MR) is 132 cm³/mol. The fourth-order valence-corrected chi connectivity index (χ4v) is 4.04. The molecule has 2 aliphatic rings. The number of aliphatic imine (C=N–C) groups is 1. The molecule has 1 aromatic rings. The molecule has 0 amide bonds. The van der Waals surface area contributed by atoms with Gasteiger partial charge in [0.25, 0.3) is 0 Å². The quantitative estimate of drug-likeness (QED) is 0.286. The zero-order valence-electron chi connectivity index (χ0n) is 18.1. The highest BCUT2D eigenvalue weighted by molar-refractivity contribution is 14.0. The summed E-state index contributed by atoms with van der Waals surface area (Å²) in [4.78, 5) is 9.13. The Bertz CT molecular complexity index is 661. The molecule has 0 atom stereocenters. The average molecular weight is 533 g/mol. The second-order valence-electron chi connectivity index (χ2n) is 8.03. The van der Waals surface area contributed by atoms with Crippen LogP contribution in [0.15, 0.2) is 23.2 Å². The number of hydrogen-bond donors (Lipinski definition) is 3. The van der Waals surface area contributed by atoms with E-state index in [1.54, 1.807) is 6.07 Å². The Kier molecular flexibility index (Phi) is 11.2. The third-order valence-corrected chi connectivity index (χ3v) is 5.75. The van der Waals surface area contributed by atoms with Crippen LogP contribution >= 0.6 is 24.0 Å². The van der Waals surface area contributed by atoms with Gasteiger partial charge in [-0.15, -0.1) is 24.0 Å². The summed E-state index contributed by atoms with van der Waals surface area (Å²) in [6, 6.07) is 5.38. The molecule has 0 spiro atoms. The number of likely N-dealkylation sites (tertiary alicyclic amines) is 1. The predicted octanol–water partition coefficient (Wildman–Crippen LogP) is 2.95. The Morgan fingerprint density at radius 1 is 1.13 bits per heavy atom. The van der Waals surface area contributed by atoms with Gasteiger partial charge in [-0.05, 0) is 63.4 Å². The molecule has 2 fully saturated rings. The van der Waals surface area contributed by atoms with E-state index in [9.17, 15) is 9.50 Å². The van der Waals surface area contributed by atoms with E-state index in [0.717, 1.165) is 31.2 Å². The Morgan fingerprint density at radius 3 is 2.53 bits per heavy atom. The van der Waals surface area contributed by atoms with Crippen molar-refractivity contribution in [2.45, 2.75) is 51.7 Å². The van der Waals surface area contributed by atoms with E-state index in [0.29, 0.717) is 38.2 Å². The number of halogens is 2. The fourth-order valence-electron chi connectivity index (χ4n) is 4.04. The lowest BCUT2D eigenvalue weighted by atomic mass is 10.1. The molecule has 0 radical (unpaired) electrons. The van der Waals surface area contributed by atoms with Crippen molar-refractivity contribution in [2.75, 3.05) is 50.7 Å². The highest BCUT2D eigenvalue weighted by Crippen LogP contribution is 2.24. The molecule has 170 valence electrons. The van der Waals surface area contributed by atoms with Crippen LogP contribution in [-0.4, -0.2) is 67.9 Å². The van der Waals surface area contributed by atoms with Gasteiger partial charge in [0.1, 0.15) is 5.82 Å². The van der Waals surface area contributed by atoms with E-state index < -0.39 is 0 Å². The molecule has 3 N–H and O–H groups in total. The van der Waals surface area contributed by atoms with Gasteiger partial charge in [-0.2, -0.15) is 0 Å². The van der Waals surface area contributed by atoms with Crippen molar-refractivity contribution >= 4 is 35.6 Å². The number of piperidine rings is 2. The number of nitrogens with zero attached hydrogens (tertiary/aromatic N) is 3. The maximum atomic E-state index is 14.6. The molecule has 0 bridgehead atoms. The lowest BCUT2D eigenvalue weighted by molar-refractivity contribution is 0.145. The summed E-state index contributed by atoms with van der Waals surface area (Å²) in [5, 5.41) is 16.3. The lowest BCUT2D eigenvalue weighted by Crippen LogP contribution is -2.42. The van der Waals surface area contributed by atoms with Crippen LogP contribution in [0.25, 0.3) is 0 Å². The summed E-state index contributed by atoms with van der Waals surface area (Å²) in [5.74, 6) is 0.566. The Morgan fingerprint density at radius 2 is 1.87 bits per heavy atom. The number of anilines is 1. The molecule has 2 saturated heterocycles. The smallest absolute Gasteiger partial charge is 0.191 e. The van der Waals surface area contributed by atoms with Crippen LogP contribution in [-0.2, 0) is 6.54 Å². The maximum absolute atomic E-state index is 14.6. The van der Waals surface area contributed by atoms with Gasteiger partial charge in [0.2, 0.25) is 0 Å². The summed E-state index contributed by atoms with van der Waals surface area (Å²) in [7, 11) is 0. The molecule has 2 aliphatic heterocycles. The van der Waals surface area contributed by atoms with Gasteiger partial charge >= 0.3 is 0 Å². The molecule has 6 nitrogen and oxygen atoms in total. The number of benzene rings is 1. The second kappa shape index (κ2) is 13.3. The second-order valence-corrected chi connectivity index (χ2v) is 8.03. The normalized spacial score (nSPS) is 18.8. The summed E-state index contributed by atoms with van der Waals surface area (Å²) in [6.45, 7) is 8.94. The summed E-state index contributed by atoms with van der Waals surface area (Å²) < 4.78 is 14.6. The molecular formula is C22H37FIN5O. The molecule has 3 rings (SSSR count). The van der Waals surface area contributed by atoms with Crippen LogP contribution in [0.2, 0.25) is 0 Å². The van der Waals surface area contributed by atoms with Gasteiger partial charge < -0.3 is 25.5 Å². The zero-order valence-corrected chi connectivity index (χ0v) is 20.4. The van der Waals surface area contributed by atoms with Gasteiger partial charge in [-0.3, -0.25) is 0 Å². The first-order chi connectivity index (χ1) is 14.2. The van der Waals surface area contributed by atoms with Crippen LogP contribution in [0.1, 0.15) is 44.6 Å². The van der Waals surface area contributed by atoms with E-state index in [1.165, 1.54) is 32.4 Å². The van der Waals surface area contributed by atoms with Crippen molar-refractivity contribution in [1.82, 2.24) is 15.5 Å². The number of aliphatic hydroxyl groups is 1. The Hall–Kier alpha value is -1.13. The van der Waals surface area contributed by atoms with Gasteiger partial charge in [-0.1, -0.05) is 12.5 Å². The topological polar surface area (TPSA) is 63.1 Å². The van der Waals surface area contributed by atoms with Crippen LogP contribution in [0.4, 0.5) is 10.1 Å². The third kappa shape index (κ3) is 7.85. The molecule has 8 heteroatoms. The van der Waals surface area contributed by atoms with Crippen LogP contribution in [0, 0.1) is 5.82 Å². The van der Waals surface area contributed by atoms with E-state index in [1.807, 2.05) is 24.0 Å². The molecular weight excluding hydrogens is 496 g/mol. The minimum absolute atomic E-state index is 0. The number of nitrogens with one attached hydrogen (secondary N) is 2. The first kappa shape index (κ1) is 25.1. The number of rotatable bonds is 7. The molecule has 2 heterocycles. The van der Waals surface area contributed by atoms with E-state index in [2.05, 4.69) is 20.5 Å². The van der Waals surface area contributed by atoms with Crippen molar-refractivity contribution in [1.29, 1.82) is 0 Å². The molecule has 0 aliphatic carbocycles. The first-order valence-electron chi connectivity index (χ1n) is 11.1. The van der Waals surface area contributed by atoms with Crippen molar-refractivity contribution in [3.05, 3.63) is 29.6 Å². The van der Waals surface area contributed by atoms with Crippen LogP contribution in [0.5, 0.6) is 0 Å². The van der Waals surface area contributed by atoms with Crippen molar-refractivity contribution in [2.24, 2.45) is 4.99 Å². The maximum Gasteiger partial charge on any atom is 0.191 e. The van der Waals surface area contributed by atoms with E-state index in [-0.39, 0.29) is 35.9 Å². The average Bonchev–Trinajstić information content (AvgIpc) is 2.74. The Balaban J connectivity index is 0.00000320. The van der Waals surface area contributed by atoms with Gasteiger partial charge in [0.05, 0.1) is 18.3 Å². The fraction of sp³-hybridized carbons (Fsp3) is 0.682. The van der Waals surface area contributed by atoms with Gasteiger partial charge in [0.15, 0.2) is 5.96 Å². The monoisotopic (exact) mass is 533 g/mol. The molecule has 0 unspecified atom stereocenters. The minimum Gasteiger partial charge on any atom is -0.393 e.